The number of aliphatic hydroxyl groups is 1. The Bertz CT molecular complexity index is 2820. The first-order valence-electron chi connectivity index (χ1n) is 19.8. The van der Waals surface area contributed by atoms with Crippen molar-refractivity contribution >= 4 is 37.4 Å². The zero-order chi connectivity index (χ0) is 49.6. The zero-order valence-electron chi connectivity index (χ0n) is 38.1. The van der Waals surface area contributed by atoms with E-state index in [9.17, 15) is 49.0 Å². The minimum absolute atomic E-state index is 0. The van der Waals surface area contributed by atoms with Crippen LogP contribution in [0.15, 0.2) is 95.5 Å². The van der Waals surface area contributed by atoms with E-state index in [1.165, 1.54) is 48.8 Å². The summed E-state index contributed by atoms with van der Waals surface area (Å²) in [5.74, 6) is -3.05. The van der Waals surface area contributed by atoms with Gasteiger partial charge in [0.1, 0.15) is 51.7 Å². The number of halogens is 10. The third kappa shape index (κ3) is 13.6. The molecule has 0 bridgehead atoms. The van der Waals surface area contributed by atoms with Crippen molar-refractivity contribution in [2.75, 3.05) is 17.2 Å². The van der Waals surface area contributed by atoms with Gasteiger partial charge in [0.2, 0.25) is 0 Å². The maximum atomic E-state index is 13.7. The van der Waals surface area contributed by atoms with Crippen molar-refractivity contribution < 1.29 is 99.3 Å². The van der Waals surface area contributed by atoms with Crippen LogP contribution in [0, 0.1) is 23.3 Å². The fourth-order valence-electron chi connectivity index (χ4n) is 6.40. The van der Waals surface area contributed by atoms with Crippen LogP contribution in [0.4, 0.5) is 55.3 Å². The van der Waals surface area contributed by atoms with E-state index in [0.29, 0.717) is 32.9 Å². The second-order valence-electron chi connectivity index (χ2n) is 15.6. The molecule has 2 aliphatic rings. The summed E-state index contributed by atoms with van der Waals surface area (Å²) in [6, 6.07) is 14.2. The molecule has 2 aliphatic heterocycles. The molecule has 1 atom stereocenters. The SMILES string of the molecule is CC1(C)CC(c2cc(C(F)(F)F)n(-c3ccc(NCc4c(F)cccc4F)cn3)n2)=NO1.CC1(CO)CC(c2cc(C(F)(F)F)n(-c3ccc(NCc4c(F)cccc4F)cn3)n2)=NO1.O=C=O.[B].[H-].[Na+]. The normalized spacial score (nSPS) is 15.7. The van der Waals surface area contributed by atoms with Crippen molar-refractivity contribution in [1.82, 2.24) is 29.5 Å². The number of aliphatic hydroxyl groups excluding tert-OH is 1. The van der Waals surface area contributed by atoms with Crippen molar-refractivity contribution in [3.8, 4) is 11.6 Å². The number of anilines is 2. The minimum Gasteiger partial charge on any atom is -1.00 e. The number of hydrogen-bond donors (Lipinski definition) is 3. The van der Waals surface area contributed by atoms with Crippen LogP contribution in [0.5, 0.6) is 0 Å². The van der Waals surface area contributed by atoms with Gasteiger partial charge >= 0.3 is 48.1 Å². The summed E-state index contributed by atoms with van der Waals surface area (Å²) in [5.41, 5.74) is -2.89. The first-order chi connectivity index (χ1) is 32.0. The van der Waals surface area contributed by atoms with Crippen molar-refractivity contribution in [1.29, 1.82) is 0 Å². The fourth-order valence-corrected chi connectivity index (χ4v) is 6.40. The van der Waals surface area contributed by atoms with Crippen molar-refractivity contribution in [3.63, 3.8) is 0 Å². The summed E-state index contributed by atoms with van der Waals surface area (Å²) in [6.07, 6.45) is -6.28. The average molecular weight is 998 g/mol. The molecule has 27 heteroatoms. The Kier molecular flexibility index (Phi) is 18.3. The van der Waals surface area contributed by atoms with Crippen molar-refractivity contribution in [3.05, 3.63) is 142 Å². The molecule has 4 aromatic heterocycles. The number of oxime groups is 2. The van der Waals surface area contributed by atoms with E-state index in [0.717, 1.165) is 36.4 Å². The van der Waals surface area contributed by atoms with Gasteiger partial charge in [-0.2, -0.15) is 46.1 Å². The van der Waals surface area contributed by atoms with Gasteiger partial charge in [0, 0.05) is 45.5 Å². The van der Waals surface area contributed by atoms with Crippen molar-refractivity contribution in [2.24, 2.45) is 10.3 Å². The topological polar surface area (TPSA) is 183 Å². The fraction of sp³-hybridized carbons (Fsp3) is 0.279. The van der Waals surface area contributed by atoms with Crippen LogP contribution in [-0.4, -0.2) is 78.4 Å². The van der Waals surface area contributed by atoms with Gasteiger partial charge in [0.25, 0.3) is 0 Å². The maximum absolute atomic E-state index is 13.7. The first kappa shape index (κ1) is 56.0. The van der Waals surface area contributed by atoms with E-state index in [4.69, 9.17) is 19.3 Å². The van der Waals surface area contributed by atoms with Crippen LogP contribution >= 0.6 is 0 Å². The molecule has 6 aromatic rings. The quantitative estimate of drug-likeness (QED) is 0.113. The molecule has 0 aliphatic carbocycles. The first-order valence-corrected chi connectivity index (χ1v) is 19.8. The number of nitrogens with one attached hydrogen (secondary N) is 2. The average Bonchev–Trinajstić information content (AvgIpc) is 4.09. The molecule has 0 amide bonds. The van der Waals surface area contributed by atoms with E-state index in [1.807, 2.05) is 0 Å². The molecule has 2 aromatic carbocycles. The van der Waals surface area contributed by atoms with E-state index >= 15 is 0 Å². The summed E-state index contributed by atoms with van der Waals surface area (Å²) in [7, 11) is 0. The van der Waals surface area contributed by atoms with Gasteiger partial charge in [-0.3, -0.25) is 0 Å². The molecule has 6 heterocycles. The smallest absolute Gasteiger partial charge is 1.00 e. The van der Waals surface area contributed by atoms with Crippen LogP contribution in [-0.2, 0) is 44.7 Å². The summed E-state index contributed by atoms with van der Waals surface area (Å²) < 4.78 is 138. The molecule has 363 valence electrons. The molecule has 8 rings (SSSR count). The van der Waals surface area contributed by atoms with E-state index in [-0.39, 0.29) is 112 Å². The zero-order valence-corrected chi connectivity index (χ0v) is 39.1. The predicted octanol–water partition coefficient (Wildman–Crippen LogP) is 5.28. The second kappa shape index (κ2) is 22.9. The van der Waals surface area contributed by atoms with Crippen LogP contribution in [0.3, 0.4) is 0 Å². The van der Waals surface area contributed by atoms with E-state index in [2.05, 4.69) is 41.1 Å². The molecule has 70 heavy (non-hydrogen) atoms. The van der Waals surface area contributed by atoms with Gasteiger partial charge in [-0.05, 0) is 81.4 Å². The molecule has 3 radical (unpaired) electrons. The van der Waals surface area contributed by atoms with E-state index in [1.54, 1.807) is 20.8 Å². The van der Waals surface area contributed by atoms with Crippen LogP contribution in [0.25, 0.3) is 11.6 Å². The summed E-state index contributed by atoms with van der Waals surface area (Å²) >= 11 is 0. The Hall–Kier alpha value is -6.60. The second-order valence-corrected chi connectivity index (χ2v) is 15.6. The number of benzene rings is 2. The molecule has 0 saturated heterocycles. The Morgan fingerprint density at radius 1 is 0.671 bits per heavy atom. The van der Waals surface area contributed by atoms with Crippen LogP contribution in [0.2, 0.25) is 0 Å². The number of pyridine rings is 2. The third-order valence-corrected chi connectivity index (χ3v) is 9.83. The summed E-state index contributed by atoms with van der Waals surface area (Å²) in [6.45, 7) is 4.42. The van der Waals surface area contributed by atoms with Gasteiger partial charge in [-0.1, -0.05) is 22.4 Å². The van der Waals surface area contributed by atoms with E-state index < -0.39 is 58.2 Å². The largest absolute Gasteiger partial charge is 1.00 e. The van der Waals surface area contributed by atoms with Gasteiger partial charge in [0.15, 0.2) is 28.6 Å². The molecule has 1 unspecified atom stereocenters. The van der Waals surface area contributed by atoms with Crippen LogP contribution < -0.4 is 40.2 Å². The monoisotopic (exact) mass is 997 g/mol. The van der Waals surface area contributed by atoms with Crippen LogP contribution in [0.1, 0.15) is 68.9 Å². The predicted molar refractivity (Wildman–Crippen MR) is 226 cm³/mol. The summed E-state index contributed by atoms with van der Waals surface area (Å²) in [4.78, 5) is 34.6. The molecular weight excluding hydrogens is 960 g/mol. The number of nitrogens with zero attached hydrogens (tertiary/aromatic N) is 8. The Morgan fingerprint density at radius 2 is 1.06 bits per heavy atom. The molecule has 0 fully saturated rings. The van der Waals surface area contributed by atoms with Gasteiger partial charge in [-0.25, -0.2) is 36.9 Å². The molecule has 3 N–H and O–H groups in total. The Labute approximate surface area is 416 Å². The molecule has 0 spiro atoms. The molecular formula is C43H37BF10N10NaO5. The van der Waals surface area contributed by atoms with Crippen molar-refractivity contribution in [2.45, 2.75) is 70.3 Å². The van der Waals surface area contributed by atoms with Gasteiger partial charge in [0.05, 0.1) is 30.4 Å². The van der Waals surface area contributed by atoms with Gasteiger partial charge < -0.3 is 26.8 Å². The molecule has 0 saturated carbocycles. The minimum atomic E-state index is -4.73. The number of aromatic nitrogens is 6. The van der Waals surface area contributed by atoms with Gasteiger partial charge in [-0.15, -0.1) is 0 Å². The summed E-state index contributed by atoms with van der Waals surface area (Å²) in [5, 5.41) is 30.6. The number of carbonyl (C=O) groups excluding carboxylic acids is 2. The molecule has 15 nitrogen and oxygen atoms in total. The Morgan fingerprint density at radius 3 is 1.37 bits per heavy atom. The maximum Gasteiger partial charge on any atom is 1.00 e. The standard InChI is InChI=1S/C21H18F5N5O2.C21H18F5N5O.CO2.B.Na.H/c1-20(11-32)8-17(30-33-20)16-7-18(21(24,25)26)31(29-16)19-6-5-12(9-28-19)27-10-13-14(22)3-2-4-15(13)23;1-20(2)9-17(30-32-20)16-8-18(21(24,25)26)31(29-16)19-7-6-12(10-28-19)27-11-13-14(22)4-3-5-15(13)23;2-1-3;;;/h2-7,9,27,32H,8,10-11H2,1H3;3-8,10,27H,9,11H2,1-2H3;;;;/q;;;;+1;-1. The number of alkyl halides is 6. The number of rotatable bonds is 11. The third-order valence-electron chi connectivity index (χ3n) is 9.83. The Balaban J connectivity index is 0.000000342. The number of hydrogen-bond acceptors (Lipinski definition) is 13.